The van der Waals surface area contributed by atoms with E-state index in [-0.39, 0.29) is 18.7 Å². The number of ether oxygens (including phenoxy) is 1. The Hall–Kier alpha value is -3.12. The highest BCUT2D eigenvalue weighted by Gasteiger charge is 2.41. The normalized spacial score (nSPS) is 26.0. The summed E-state index contributed by atoms with van der Waals surface area (Å²) >= 11 is 0. The highest BCUT2D eigenvalue weighted by atomic mass is 16.6. The Labute approximate surface area is 203 Å². The molecule has 0 aliphatic heterocycles. The van der Waals surface area contributed by atoms with Gasteiger partial charge < -0.3 is 15.4 Å². The van der Waals surface area contributed by atoms with E-state index in [1.807, 2.05) is 0 Å². The van der Waals surface area contributed by atoms with Crippen molar-refractivity contribution in [1.29, 1.82) is 0 Å². The third kappa shape index (κ3) is 8.25. The largest absolute Gasteiger partial charge is 0.460 e. The first-order valence-electron chi connectivity index (χ1n) is 12.1. The van der Waals surface area contributed by atoms with Crippen LogP contribution in [0.2, 0.25) is 0 Å². The number of nitro groups is 2. The Kier molecular flexibility index (Phi) is 10.5. The van der Waals surface area contributed by atoms with Gasteiger partial charge in [0.25, 0.3) is 0 Å². The second-order valence-corrected chi connectivity index (χ2v) is 9.43. The van der Waals surface area contributed by atoms with E-state index in [9.17, 15) is 39.4 Å². The number of hydrogen-bond donors (Lipinski definition) is 2. The number of hydrogen-bond acceptors (Lipinski definition) is 9. The molecule has 196 valence electrons. The molecule has 2 saturated carbocycles. The fraction of sp³-hybridized carbons (Fsp3) is 0.818. The molecule has 2 rings (SSSR count). The van der Waals surface area contributed by atoms with Gasteiger partial charge in [0.05, 0.1) is 6.61 Å². The first kappa shape index (κ1) is 28.1. The van der Waals surface area contributed by atoms with Crippen LogP contribution in [0.15, 0.2) is 0 Å². The Morgan fingerprint density at radius 1 is 0.800 bits per heavy atom. The summed E-state index contributed by atoms with van der Waals surface area (Å²) in [5.74, 6) is -2.84. The van der Waals surface area contributed by atoms with Crippen LogP contribution in [0.5, 0.6) is 0 Å². The molecule has 2 aliphatic rings. The molecule has 35 heavy (non-hydrogen) atoms. The van der Waals surface area contributed by atoms with E-state index in [4.69, 9.17) is 0 Å². The fourth-order valence-electron chi connectivity index (χ4n) is 5.06. The van der Waals surface area contributed by atoms with Gasteiger partial charge in [0.1, 0.15) is 0 Å². The van der Waals surface area contributed by atoms with E-state index < -0.39 is 45.5 Å². The maximum Gasteiger partial charge on any atom is 0.392 e. The predicted molar refractivity (Wildman–Crippen MR) is 121 cm³/mol. The number of carbonyl (C=O) groups excluding carboxylic acids is 4. The smallest absolute Gasteiger partial charge is 0.392 e. The van der Waals surface area contributed by atoms with Gasteiger partial charge in [0.2, 0.25) is 5.78 Å². The number of nitrogens with one attached hydrogen (secondary N) is 2. The molecular formula is C22H34N4O9. The summed E-state index contributed by atoms with van der Waals surface area (Å²) in [5, 5.41) is 27.3. The minimum absolute atomic E-state index is 0.0480. The lowest BCUT2D eigenvalue weighted by molar-refractivity contribution is -0.496. The molecule has 0 radical (unpaired) electrons. The van der Waals surface area contributed by atoms with Crippen molar-refractivity contribution in [2.24, 2.45) is 11.8 Å². The van der Waals surface area contributed by atoms with Crippen LogP contribution in [0.25, 0.3) is 0 Å². The van der Waals surface area contributed by atoms with Crippen molar-refractivity contribution < 1.29 is 33.8 Å². The van der Waals surface area contributed by atoms with Gasteiger partial charge >= 0.3 is 29.9 Å². The monoisotopic (exact) mass is 498 g/mol. The van der Waals surface area contributed by atoms with E-state index in [1.54, 1.807) is 0 Å². The Morgan fingerprint density at radius 2 is 1.20 bits per heavy atom. The van der Waals surface area contributed by atoms with Gasteiger partial charge in [-0.25, -0.2) is 4.79 Å². The Morgan fingerprint density at radius 3 is 1.54 bits per heavy atom. The first-order valence-corrected chi connectivity index (χ1v) is 12.1. The number of amides is 2. The third-order valence-corrected chi connectivity index (χ3v) is 6.87. The average Bonchev–Trinajstić information content (AvgIpc) is 2.76. The van der Waals surface area contributed by atoms with Crippen molar-refractivity contribution in [3.63, 3.8) is 0 Å². The molecule has 2 amide bonds. The van der Waals surface area contributed by atoms with Crippen molar-refractivity contribution in [2.45, 2.75) is 95.8 Å². The number of carbonyl (C=O) groups is 4. The van der Waals surface area contributed by atoms with Crippen LogP contribution in [0, 0.1) is 32.1 Å². The van der Waals surface area contributed by atoms with Gasteiger partial charge in [-0.15, -0.1) is 0 Å². The molecule has 0 aromatic carbocycles. The zero-order valence-electron chi connectivity index (χ0n) is 20.1. The first-order chi connectivity index (χ1) is 16.5. The minimum atomic E-state index is -2.06. The summed E-state index contributed by atoms with van der Waals surface area (Å²) in [6.07, 6.45) is 7.17. The van der Waals surface area contributed by atoms with E-state index in [0.29, 0.717) is 37.5 Å². The lowest BCUT2D eigenvalue weighted by Gasteiger charge is -2.34. The molecule has 0 saturated heterocycles. The molecule has 13 nitrogen and oxygen atoms in total. The topological polar surface area (TPSA) is 188 Å². The zero-order valence-corrected chi connectivity index (χ0v) is 20.1. The number of rotatable bonds is 11. The maximum absolute atomic E-state index is 12.3. The van der Waals surface area contributed by atoms with Crippen molar-refractivity contribution >= 4 is 23.6 Å². The second-order valence-electron chi connectivity index (χ2n) is 9.43. The van der Waals surface area contributed by atoms with Crippen molar-refractivity contribution in [3.05, 3.63) is 20.2 Å². The summed E-state index contributed by atoms with van der Waals surface area (Å²) < 4.78 is 4.63. The maximum atomic E-state index is 12.3. The molecular weight excluding hydrogens is 464 g/mol. The van der Waals surface area contributed by atoms with Crippen molar-refractivity contribution in [3.8, 4) is 0 Å². The molecule has 2 N–H and O–H groups in total. The van der Waals surface area contributed by atoms with Crippen LogP contribution in [-0.2, 0) is 23.9 Å². The highest BCUT2D eigenvalue weighted by Crippen LogP contribution is 2.35. The molecule has 0 heterocycles. The van der Waals surface area contributed by atoms with Gasteiger partial charge in [-0.3, -0.25) is 34.6 Å². The molecule has 2 aliphatic carbocycles. The van der Waals surface area contributed by atoms with Crippen molar-refractivity contribution in [2.75, 3.05) is 6.61 Å². The summed E-state index contributed by atoms with van der Waals surface area (Å²) in [5.41, 5.74) is 0. The van der Waals surface area contributed by atoms with Gasteiger partial charge in [-0.1, -0.05) is 0 Å². The van der Waals surface area contributed by atoms with E-state index in [2.05, 4.69) is 15.4 Å². The highest BCUT2D eigenvalue weighted by molar-refractivity contribution is 6.03. The second kappa shape index (κ2) is 13.1. The van der Waals surface area contributed by atoms with E-state index in [1.165, 1.54) is 6.92 Å². The van der Waals surface area contributed by atoms with Crippen LogP contribution in [0.4, 0.5) is 0 Å². The van der Waals surface area contributed by atoms with Gasteiger partial charge in [-0.05, 0) is 76.5 Å². The SMILES string of the molecule is CCOC(=O)C(C(=O)NC1CCC(CC2CCC(NC(=O)C(C(C)=O)[N+](=O)[O-])CC2)CC1)[N+](=O)[O-]. The summed E-state index contributed by atoms with van der Waals surface area (Å²) in [4.78, 5) is 67.7. The molecule has 0 aromatic rings. The molecule has 13 heteroatoms. The molecule has 0 aromatic heterocycles. The summed E-state index contributed by atoms with van der Waals surface area (Å²) in [7, 11) is 0. The lowest BCUT2D eigenvalue weighted by atomic mass is 9.75. The fourth-order valence-corrected chi connectivity index (χ4v) is 5.06. The van der Waals surface area contributed by atoms with Gasteiger partial charge in [-0.2, -0.15) is 0 Å². The Bertz CT molecular complexity index is 804. The third-order valence-electron chi connectivity index (χ3n) is 6.87. The standard InChI is InChI=1S/C22H34N4O9/c1-3-35-22(30)19(26(33)34)21(29)24-17-10-6-15(7-11-17)12-14-4-8-16(9-5-14)23-20(28)18(13(2)27)25(31)32/h14-19H,3-12H2,1-2H3,(H,23,28)(H,24,29). The zero-order chi connectivity index (χ0) is 26.1. The molecule has 0 bridgehead atoms. The van der Waals surface area contributed by atoms with Crippen LogP contribution < -0.4 is 10.6 Å². The number of Topliss-reactive ketones (excluding diaryl/α,β-unsaturated/α-hetero) is 1. The van der Waals surface area contributed by atoms with Crippen LogP contribution in [0.1, 0.15) is 71.6 Å². The molecule has 0 spiro atoms. The summed E-state index contributed by atoms with van der Waals surface area (Å²) in [6.45, 7) is 2.50. The predicted octanol–water partition coefficient (Wildman–Crippen LogP) is 1.17. The number of esters is 1. The number of ketones is 1. The van der Waals surface area contributed by atoms with Gasteiger partial charge in [0.15, 0.2) is 0 Å². The van der Waals surface area contributed by atoms with Crippen LogP contribution in [0.3, 0.4) is 0 Å². The van der Waals surface area contributed by atoms with Crippen LogP contribution in [-0.4, -0.2) is 64.2 Å². The van der Waals surface area contributed by atoms with E-state index in [0.717, 1.165) is 39.0 Å². The van der Waals surface area contributed by atoms with Crippen molar-refractivity contribution in [1.82, 2.24) is 10.6 Å². The van der Waals surface area contributed by atoms with Gasteiger partial charge in [0, 0.05) is 28.9 Å². The van der Waals surface area contributed by atoms with E-state index >= 15 is 0 Å². The average molecular weight is 499 g/mol. The number of nitrogens with zero attached hydrogens (tertiary/aromatic N) is 2. The molecule has 2 fully saturated rings. The molecule has 2 atom stereocenters. The lowest BCUT2D eigenvalue weighted by Crippen LogP contribution is -2.50. The minimum Gasteiger partial charge on any atom is -0.460 e. The van der Waals surface area contributed by atoms with Crippen LogP contribution >= 0.6 is 0 Å². The summed E-state index contributed by atoms with van der Waals surface area (Å²) in [6, 6.07) is -4.32. The Balaban J connectivity index is 1.73. The molecule has 2 unspecified atom stereocenters. The quantitative estimate of drug-likeness (QED) is 0.182.